The summed E-state index contributed by atoms with van der Waals surface area (Å²) >= 11 is 0. The van der Waals surface area contributed by atoms with E-state index in [9.17, 15) is 0 Å². The van der Waals surface area contributed by atoms with Crippen LogP contribution in [0.3, 0.4) is 0 Å². The minimum absolute atomic E-state index is 0.679. The molecular formula is C49H33N5. The smallest absolute Gasteiger partial charge is 0.160 e. The van der Waals surface area contributed by atoms with Crippen LogP contribution in [-0.2, 0) is 0 Å². The summed E-state index contributed by atoms with van der Waals surface area (Å²) in [6.45, 7) is 0. The fraction of sp³-hybridized carbons (Fsp3) is 0. The highest BCUT2D eigenvalue weighted by Crippen LogP contribution is 2.40. The number of benzene rings is 6. The molecule has 0 unspecified atom stereocenters. The Bertz CT molecular complexity index is 2740. The molecule has 0 saturated carbocycles. The highest BCUT2D eigenvalue weighted by atomic mass is 15.0. The number of aromatic nitrogens is 4. The van der Waals surface area contributed by atoms with Gasteiger partial charge < -0.3 is 5.32 Å². The van der Waals surface area contributed by atoms with E-state index >= 15 is 0 Å². The zero-order valence-electron chi connectivity index (χ0n) is 29.3. The Morgan fingerprint density at radius 2 is 0.981 bits per heavy atom. The van der Waals surface area contributed by atoms with Gasteiger partial charge in [-0.3, -0.25) is 4.40 Å². The molecule has 54 heavy (non-hydrogen) atoms. The number of pyridine rings is 1. The summed E-state index contributed by atoms with van der Waals surface area (Å²) in [6.07, 6.45) is 4.18. The van der Waals surface area contributed by atoms with E-state index in [1.54, 1.807) is 0 Å². The second kappa shape index (κ2) is 13.3. The summed E-state index contributed by atoms with van der Waals surface area (Å²) in [5.74, 6) is 0.679. The topological polar surface area (TPSA) is 55.1 Å². The normalized spacial score (nSPS) is 12.0. The van der Waals surface area contributed by atoms with Crippen LogP contribution in [0.5, 0.6) is 0 Å². The third kappa shape index (κ3) is 5.74. The van der Waals surface area contributed by atoms with Gasteiger partial charge in [-0.2, -0.15) is 0 Å². The SMILES string of the molecule is C1=C(c2ccc(-c3cc(-c4cccc(-c5ccccc5)c4)nc(-c4cccc(-c5ccccc5)c4)n3)cc2)c2c(nc3ccccn23)-c2ccccc2N1. The molecule has 0 bridgehead atoms. The first-order valence-electron chi connectivity index (χ1n) is 18.1. The maximum Gasteiger partial charge on any atom is 0.160 e. The molecule has 5 heteroatoms. The predicted molar refractivity (Wildman–Crippen MR) is 221 cm³/mol. The minimum atomic E-state index is 0.679. The van der Waals surface area contributed by atoms with Crippen LogP contribution in [0.1, 0.15) is 11.3 Å². The van der Waals surface area contributed by atoms with Gasteiger partial charge in [0.1, 0.15) is 5.65 Å². The molecule has 0 amide bonds. The summed E-state index contributed by atoms with van der Waals surface area (Å²) in [7, 11) is 0. The zero-order valence-corrected chi connectivity index (χ0v) is 29.3. The molecule has 3 aromatic heterocycles. The molecule has 0 saturated heterocycles. The van der Waals surface area contributed by atoms with Gasteiger partial charge in [-0.15, -0.1) is 0 Å². The van der Waals surface area contributed by atoms with Crippen LogP contribution >= 0.6 is 0 Å². The molecule has 1 N–H and O–H groups in total. The Labute approximate surface area is 313 Å². The van der Waals surface area contributed by atoms with E-state index in [4.69, 9.17) is 15.0 Å². The summed E-state index contributed by atoms with van der Waals surface area (Å²) < 4.78 is 2.18. The van der Waals surface area contributed by atoms with Crippen molar-refractivity contribution in [2.75, 3.05) is 5.32 Å². The van der Waals surface area contributed by atoms with Crippen molar-refractivity contribution in [3.63, 3.8) is 0 Å². The fourth-order valence-corrected chi connectivity index (χ4v) is 7.34. The van der Waals surface area contributed by atoms with Crippen LogP contribution in [-0.4, -0.2) is 19.4 Å². The molecule has 6 aromatic carbocycles. The zero-order chi connectivity index (χ0) is 35.8. The Hall–Kier alpha value is -7.37. The number of anilines is 1. The number of para-hydroxylation sites is 1. The Morgan fingerprint density at radius 3 is 1.72 bits per heavy atom. The van der Waals surface area contributed by atoms with Gasteiger partial charge in [0.25, 0.3) is 0 Å². The summed E-state index contributed by atoms with van der Waals surface area (Å²) in [5, 5.41) is 3.57. The van der Waals surface area contributed by atoms with Crippen molar-refractivity contribution in [1.82, 2.24) is 19.4 Å². The standard InChI is InChI=1S/C49H33N5/c1-3-13-33(14-4-1)37-17-11-19-39(29-37)45-31-44(51-49(52-45)40-20-12-18-38(30-40)34-15-5-2-6-16-34)36-26-24-35(25-27-36)42-32-50-43-22-8-7-21-41(43)47-48(42)54-28-10-9-23-46(54)53-47/h1-32,50H. The molecule has 1 aliphatic rings. The fourth-order valence-electron chi connectivity index (χ4n) is 7.34. The summed E-state index contributed by atoms with van der Waals surface area (Å²) in [4.78, 5) is 15.5. The van der Waals surface area contributed by atoms with Crippen molar-refractivity contribution < 1.29 is 0 Å². The Kier molecular flexibility index (Phi) is 7.73. The Balaban J connectivity index is 1.09. The lowest BCUT2D eigenvalue weighted by Gasteiger charge is -2.13. The molecule has 5 nitrogen and oxygen atoms in total. The number of nitrogens with zero attached hydrogens (tertiary/aromatic N) is 4. The van der Waals surface area contributed by atoms with E-state index in [2.05, 4.69) is 186 Å². The number of hydrogen-bond donors (Lipinski definition) is 1. The second-order valence-corrected chi connectivity index (χ2v) is 13.4. The lowest BCUT2D eigenvalue weighted by Crippen LogP contribution is -1.98. The molecule has 4 heterocycles. The minimum Gasteiger partial charge on any atom is -0.360 e. The van der Waals surface area contributed by atoms with Crippen molar-refractivity contribution in [1.29, 1.82) is 0 Å². The van der Waals surface area contributed by atoms with Gasteiger partial charge in [-0.1, -0.05) is 146 Å². The second-order valence-electron chi connectivity index (χ2n) is 13.4. The van der Waals surface area contributed by atoms with Crippen LogP contribution in [0.15, 0.2) is 194 Å². The van der Waals surface area contributed by atoms with E-state index in [0.717, 1.165) is 84.2 Å². The molecule has 0 spiro atoms. The molecule has 0 radical (unpaired) electrons. The van der Waals surface area contributed by atoms with Crippen molar-refractivity contribution in [3.8, 4) is 67.4 Å². The van der Waals surface area contributed by atoms with Crippen molar-refractivity contribution in [2.24, 2.45) is 0 Å². The van der Waals surface area contributed by atoms with Crippen molar-refractivity contribution in [3.05, 3.63) is 206 Å². The van der Waals surface area contributed by atoms with Gasteiger partial charge in [-0.25, -0.2) is 15.0 Å². The van der Waals surface area contributed by atoms with Crippen molar-refractivity contribution >= 4 is 16.9 Å². The lowest BCUT2D eigenvalue weighted by atomic mass is 9.97. The first-order valence-corrected chi connectivity index (χ1v) is 18.1. The average molecular weight is 692 g/mol. The lowest BCUT2D eigenvalue weighted by molar-refractivity contribution is 1.16. The van der Waals surface area contributed by atoms with E-state index in [0.29, 0.717) is 5.82 Å². The average Bonchev–Trinajstić information content (AvgIpc) is 3.56. The third-order valence-corrected chi connectivity index (χ3v) is 10.1. The van der Waals surface area contributed by atoms with Gasteiger partial charge >= 0.3 is 0 Å². The monoisotopic (exact) mass is 691 g/mol. The largest absolute Gasteiger partial charge is 0.360 e. The van der Waals surface area contributed by atoms with Gasteiger partial charge in [0.05, 0.1) is 22.8 Å². The van der Waals surface area contributed by atoms with Crippen LogP contribution in [0, 0.1) is 0 Å². The molecule has 0 aliphatic carbocycles. The summed E-state index contributed by atoms with van der Waals surface area (Å²) in [6, 6.07) is 63.3. The number of hydrogen-bond acceptors (Lipinski definition) is 4. The van der Waals surface area contributed by atoms with E-state index in [1.807, 2.05) is 18.2 Å². The van der Waals surface area contributed by atoms with Crippen LogP contribution < -0.4 is 5.32 Å². The maximum absolute atomic E-state index is 5.22. The first-order chi connectivity index (χ1) is 26.7. The first kappa shape index (κ1) is 31.4. The number of rotatable bonds is 6. The molecule has 0 fully saturated rings. The molecule has 9 aromatic rings. The van der Waals surface area contributed by atoms with Crippen LogP contribution in [0.2, 0.25) is 0 Å². The highest BCUT2D eigenvalue weighted by molar-refractivity contribution is 5.94. The molecular weight excluding hydrogens is 659 g/mol. The quantitative estimate of drug-likeness (QED) is 0.189. The number of nitrogens with one attached hydrogen (secondary N) is 1. The number of imidazole rings is 1. The molecule has 1 aliphatic heterocycles. The van der Waals surface area contributed by atoms with E-state index < -0.39 is 0 Å². The van der Waals surface area contributed by atoms with E-state index in [1.165, 1.54) is 5.56 Å². The van der Waals surface area contributed by atoms with Gasteiger partial charge in [0, 0.05) is 45.9 Å². The van der Waals surface area contributed by atoms with Gasteiger partial charge in [0.2, 0.25) is 0 Å². The van der Waals surface area contributed by atoms with Crippen LogP contribution in [0.25, 0.3) is 78.6 Å². The van der Waals surface area contributed by atoms with E-state index in [-0.39, 0.29) is 0 Å². The molecule has 0 atom stereocenters. The number of fused-ring (bicyclic) bond motifs is 5. The van der Waals surface area contributed by atoms with Crippen molar-refractivity contribution in [2.45, 2.75) is 0 Å². The van der Waals surface area contributed by atoms with Gasteiger partial charge in [-0.05, 0) is 64.2 Å². The van der Waals surface area contributed by atoms with Crippen LogP contribution in [0.4, 0.5) is 5.69 Å². The summed E-state index contributed by atoms with van der Waals surface area (Å²) in [5.41, 5.74) is 16.5. The maximum atomic E-state index is 5.22. The molecule has 254 valence electrons. The Morgan fingerprint density at radius 1 is 0.407 bits per heavy atom. The predicted octanol–water partition coefficient (Wildman–Crippen LogP) is 11.9. The van der Waals surface area contributed by atoms with Gasteiger partial charge in [0.15, 0.2) is 5.82 Å². The highest BCUT2D eigenvalue weighted by Gasteiger charge is 2.23. The molecule has 10 rings (SSSR count). The third-order valence-electron chi connectivity index (χ3n) is 10.1.